The van der Waals surface area contributed by atoms with Crippen LogP contribution in [0, 0.1) is 27.3 Å². The Bertz CT molecular complexity index is 758. The number of halogens is 1. The fourth-order valence-corrected chi connectivity index (χ4v) is 1.81. The summed E-state index contributed by atoms with van der Waals surface area (Å²) in [6.07, 6.45) is -1.08. The van der Waals surface area contributed by atoms with Crippen LogP contribution in [0.15, 0.2) is 42.5 Å². The SMILES string of the molecule is N#Cc1ccc(OC[C@H](O)COc2cc(F)ccc2[N+](=O)[O-])cc1. The molecule has 0 aliphatic heterocycles. The molecule has 0 saturated carbocycles. The van der Waals surface area contributed by atoms with Crippen molar-refractivity contribution in [1.29, 1.82) is 5.26 Å². The van der Waals surface area contributed by atoms with Gasteiger partial charge in [-0.2, -0.15) is 5.26 Å². The summed E-state index contributed by atoms with van der Waals surface area (Å²) in [5, 5.41) is 29.3. The van der Waals surface area contributed by atoms with Gasteiger partial charge in [-0.25, -0.2) is 4.39 Å². The Kier molecular flexibility index (Phi) is 5.65. The molecule has 2 aromatic carbocycles. The fraction of sp³-hybridized carbons (Fsp3) is 0.188. The van der Waals surface area contributed by atoms with Crippen molar-refractivity contribution in [3.63, 3.8) is 0 Å². The topological polar surface area (TPSA) is 106 Å². The molecule has 8 heteroatoms. The smallest absolute Gasteiger partial charge is 0.311 e. The van der Waals surface area contributed by atoms with Gasteiger partial charge in [-0.3, -0.25) is 10.1 Å². The lowest BCUT2D eigenvalue weighted by molar-refractivity contribution is -0.386. The molecule has 1 atom stereocenters. The third-order valence-electron chi connectivity index (χ3n) is 2.98. The zero-order valence-electron chi connectivity index (χ0n) is 12.4. The Balaban J connectivity index is 1.89. The third-order valence-corrected chi connectivity index (χ3v) is 2.98. The molecule has 0 spiro atoms. The quantitative estimate of drug-likeness (QED) is 0.616. The summed E-state index contributed by atoms with van der Waals surface area (Å²) < 4.78 is 23.6. The van der Waals surface area contributed by atoms with Gasteiger partial charge in [0.25, 0.3) is 0 Å². The van der Waals surface area contributed by atoms with Crippen LogP contribution in [0.2, 0.25) is 0 Å². The van der Waals surface area contributed by atoms with Crippen molar-refractivity contribution in [2.75, 3.05) is 13.2 Å². The average molecular weight is 332 g/mol. The van der Waals surface area contributed by atoms with Gasteiger partial charge in [-0.15, -0.1) is 0 Å². The van der Waals surface area contributed by atoms with Crippen molar-refractivity contribution in [2.24, 2.45) is 0 Å². The monoisotopic (exact) mass is 332 g/mol. The first-order valence-electron chi connectivity index (χ1n) is 6.87. The zero-order chi connectivity index (χ0) is 17.5. The lowest BCUT2D eigenvalue weighted by atomic mass is 10.2. The fourth-order valence-electron chi connectivity index (χ4n) is 1.81. The highest BCUT2D eigenvalue weighted by molar-refractivity contribution is 5.46. The van der Waals surface area contributed by atoms with Gasteiger partial charge in [0.1, 0.15) is 30.9 Å². The molecule has 7 nitrogen and oxygen atoms in total. The maximum absolute atomic E-state index is 13.2. The summed E-state index contributed by atoms with van der Waals surface area (Å²) in [7, 11) is 0. The van der Waals surface area contributed by atoms with E-state index >= 15 is 0 Å². The summed E-state index contributed by atoms with van der Waals surface area (Å²) in [6, 6.07) is 11.1. The number of aliphatic hydroxyl groups excluding tert-OH is 1. The minimum Gasteiger partial charge on any atom is -0.491 e. The normalized spacial score (nSPS) is 11.4. The first-order chi connectivity index (χ1) is 11.5. The van der Waals surface area contributed by atoms with Gasteiger partial charge < -0.3 is 14.6 Å². The van der Waals surface area contributed by atoms with Crippen molar-refractivity contribution in [3.8, 4) is 17.6 Å². The van der Waals surface area contributed by atoms with Crippen LogP contribution >= 0.6 is 0 Å². The van der Waals surface area contributed by atoms with Gasteiger partial charge in [0, 0.05) is 12.1 Å². The molecular formula is C16H13FN2O5. The third kappa shape index (κ3) is 4.66. The van der Waals surface area contributed by atoms with E-state index in [1.807, 2.05) is 6.07 Å². The number of rotatable bonds is 7. The van der Waals surface area contributed by atoms with Crippen LogP contribution in [0.25, 0.3) is 0 Å². The highest BCUT2D eigenvalue weighted by Crippen LogP contribution is 2.27. The first-order valence-corrected chi connectivity index (χ1v) is 6.87. The Morgan fingerprint density at radius 3 is 2.50 bits per heavy atom. The molecule has 0 amide bonds. The molecule has 0 radical (unpaired) electrons. The van der Waals surface area contributed by atoms with E-state index in [2.05, 4.69) is 0 Å². The largest absolute Gasteiger partial charge is 0.491 e. The number of hydrogen-bond acceptors (Lipinski definition) is 6. The number of nitriles is 1. The Morgan fingerprint density at radius 2 is 1.88 bits per heavy atom. The first kappa shape index (κ1) is 17.2. The second-order valence-electron chi connectivity index (χ2n) is 4.78. The Morgan fingerprint density at radius 1 is 1.21 bits per heavy atom. The molecule has 2 aromatic rings. The molecule has 1 N–H and O–H groups in total. The second kappa shape index (κ2) is 7.89. The number of nitro groups is 1. The van der Waals surface area contributed by atoms with E-state index in [4.69, 9.17) is 14.7 Å². The highest BCUT2D eigenvalue weighted by Gasteiger charge is 2.17. The number of nitro benzene ring substituents is 1. The lowest BCUT2D eigenvalue weighted by Crippen LogP contribution is -2.25. The van der Waals surface area contributed by atoms with E-state index in [0.717, 1.165) is 18.2 Å². The number of benzene rings is 2. The maximum Gasteiger partial charge on any atom is 0.311 e. The zero-order valence-corrected chi connectivity index (χ0v) is 12.4. The second-order valence-corrected chi connectivity index (χ2v) is 4.78. The van der Waals surface area contributed by atoms with Crippen LogP contribution in [0.4, 0.5) is 10.1 Å². The summed E-state index contributed by atoms with van der Waals surface area (Å²) >= 11 is 0. The van der Waals surface area contributed by atoms with E-state index in [1.165, 1.54) is 0 Å². The Labute approximate surface area is 136 Å². The standard InChI is InChI=1S/C16H13FN2O5/c17-12-3-6-15(19(21)22)16(7-12)24-10-13(20)9-23-14-4-1-11(8-18)2-5-14/h1-7,13,20H,9-10H2/t13-/m0/s1. The Hall–Kier alpha value is -3.18. The van der Waals surface area contributed by atoms with Crippen LogP contribution in [0.1, 0.15) is 5.56 Å². The van der Waals surface area contributed by atoms with Crippen molar-refractivity contribution in [3.05, 3.63) is 64.0 Å². The molecule has 24 heavy (non-hydrogen) atoms. The molecule has 0 aliphatic rings. The molecule has 0 fully saturated rings. The molecule has 0 bridgehead atoms. The average Bonchev–Trinajstić information content (AvgIpc) is 2.58. The van der Waals surface area contributed by atoms with E-state index in [-0.39, 0.29) is 19.0 Å². The molecule has 0 aromatic heterocycles. The number of hydrogen-bond donors (Lipinski definition) is 1. The van der Waals surface area contributed by atoms with Gasteiger partial charge in [0.05, 0.1) is 16.6 Å². The van der Waals surface area contributed by atoms with Crippen molar-refractivity contribution >= 4 is 5.69 Å². The highest BCUT2D eigenvalue weighted by atomic mass is 19.1. The van der Waals surface area contributed by atoms with E-state index in [0.29, 0.717) is 11.3 Å². The lowest BCUT2D eigenvalue weighted by Gasteiger charge is -2.13. The summed E-state index contributed by atoms with van der Waals surface area (Å²) in [6.45, 7) is -0.435. The molecule has 0 heterocycles. The van der Waals surface area contributed by atoms with Crippen LogP contribution in [0.5, 0.6) is 11.5 Å². The van der Waals surface area contributed by atoms with Gasteiger partial charge in [-0.1, -0.05) is 0 Å². The molecule has 2 rings (SSSR count). The molecule has 124 valence electrons. The number of nitrogens with zero attached hydrogens (tertiary/aromatic N) is 2. The minimum atomic E-state index is -1.08. The molecule has 0 unspecified atom stereocenters. The summed E-state index contributed by atoms with van der Waals surface area (Å²) in [5.41, 5.74) is 0.0845. The summed E-state index contributed by atoms with van der Waals surface area (Å²) in [4.78, 5) is 10.1. The predicted octanol–water partition coefficient (Wildman–Crippen LogP) is 2.42. The number of aliphatic hydroxyl groups is 1. The predicted molar refractivity (Wildman–Crippen MR) is 81.2 cm³/mol. The van der Waals surface area contributed by atoms with Crippen LogP contribution < -0.4 is 9.47 Å². The van der Waals surface area contributed by atoms with Gasteiger partial charge in [0.2, 0.25) is 0 Å². The van der Waals surface area contributed by atoms with Crippen molar-refractivity contribution in [1.82, 2.24) is 0 Å². The van der Waals surface area contributed by atoms with Crippen molar-refractivity contribution < 1.29 is 23.9 Å². The maximum atomic E-state index is 13.2. The van der Waals surface area contributed by atoms with E-state index in [1.54, 1.807) is 24.3 Å². The van der Waals surface area contributed by atoms with Gasteiger partial charge in [0.15, 0.2) is 5.75 Å². The number of ether oxygens (including phenoxy) is 2. The minimum absolute atomic E-state index is 0.130. The van der Waals surface area contributed by atoms with Crippen LogP contribution in [-0.4, -0.2) is 29.3 Å². The van der Waals surface area contributed by atoms with Crippen molar-refractivity contribution in [2.45, 2.75) is 6.10 Å². The van der Waals surface area contributed by atoms with Gasteiger partial charge >= 0.3 is 5.69 Å². The van der Waals surface area contributed by atoms with E-state index < -0.39 is 22.5 Å². The molecule has 0 aliphatic carbocycles. The van der Waals surface area contributed by atoms with Gasteiger partial charge in [-0.05, 0) is 30.3 Å². The van der Waals surface area contributed by atoms with Crippen LogP contribution in [0.3, 0.4) is 0 Å². The molecule has 0 saturated heterocycles. The molecular weight excluding hydrogens is 319 g/mol. The van der Waals surface area contributed by atoms with Crippen LogP contribution in [-0.2, 0) is 0 Å². The van der Waals surface area contributed by atoms with E-state index in [9.17, 15) is 19.6 Å². The summed E-state index contributed by atoms with van der Waals surface area (Å²) in [5.74, 6) is -0.499.